The zero-order chi connectivity index (χ0) is 19.6. The maximum atomic E-state index is 12.1. The Balaban J connectivity index is 4.51. The van der Waals surface area contributed by atoms with Crippen LogP contribution < -0.4 is 0 Å². The van der Waals surface area contributed by atoms with Gasteiger partial charge in [0.25, 0.3) is 0 Å². The van der Waals surface area contributed by atoms with E-state index in [9.17, 15) is 30.0 Å². The van der Waals surface area contributed by atoms with E-state index in [4.69, 9.17) is 4.74 Å². The van der Waals surface area contributed by atoms with Crippen molar-refractivity contribution in [1.29, 1.82) is 0 Å². The molecule has 0 saturated heterocycles. The second kappa shape index (κ2) is 12.2. The molecule has 0 aromatic heterocycles. The Morgan fingerprint density at radius 1 is 0.680 bits per heavy atom. The fourth-order valence-electron chi connectivity index (χ4n) is 2.24. The molecule has 0 spiro atoms. The second-order valence-electron chi connectivity index (χ2n) is 6.49. The highest BCUT2D eigenvalue weighted by atomic mass is 16.5. The van der Waals surface area contributed by atoms with Crippen LogP contribution in [0.2, 0.25) is 0 Å². The number of aliphatic hydroxyl groups excluding tert-OH is 4. The number of hydrogen-bond acceptors (Lipinski definition) is 7. The maximum Gasteiger partial charge on any atom is 0.248 e. The SMILES string of the molecule is CC(O)CN(CC(C)O)C(=O)COCC(=O)N(CC(C)O)CC(C)O. The van der Waals surface area contributed by atoms with Gasteiger partial charge in [0.15, 0.2) is 0 Å². The summed E-state index contributed by atoms with van der Waals surface area (Å²) in [6.45, 7) is 5.56. The van der Waals surface area contributed by atoms with Gasteiger partial charge in [0.05, 0.1) is 24.4 Å². The summed E-state index contributed by atoms with van der Waals surface area (Å²) in [5.41, 5.74) is 0. The van der Waals surface area contributed by atoms with Crippen LogP contribution in [-0.4, -0.2) is 106 Å². The molecular formula is C16H32N2O7. The van der Waals surface area contributed by atoms with Crippen molar-refractivity contribution < 1.29 is 34.8 Å². The average molecular weight is 364 g/mol. The molecule has 0 radical (unpaired) electrons. The molecule has 0 aliphatic rings. The summed E-state index contributed by atoms with van der Waals surface area (Å²) in [6.07, 6.45) is -3.01. The lowest BCUT2D eigenvalue weighted by Gasteiger charge is -2.26. The van der Waals surface area contributed by atoms with Crippen molar-refractivity contribution in [1.82, 2.24) is 9.80 Å². The summed E-state index contributed by atoms with van der Waals surface area (Å²) in [7, 11) is 0. The Bertz CT molecular complexity index is 344. The zero-order valence-electron chi connectivity index (χ0n) is 15.5. The number of carbonyl (C=O) groups excluding carboxylic acids is 2. The lowest BCUT2D eigenvalue weighted by atomic mass is 10.3. The predicted molar refractivity (Wildman–Crippen MR) is 90.7 cm³/mol. The molecule has 4 unspecified atom stereocenters. The van der Waals surface area contributed by atoms with Gasteiger partial charge in [0.1, 0.15) is 13.2 Å². The van der Waals surface area contributed by atoms with Gasteiger partial charge in [-0.05, 0) is 27.7 Å². The molecule has 2 amide bonds. The van der Waals surface area contributed by atoms with Gasteiger partial charge in [0, 0.05) is 26.2 Å². The summed E-state index contributed by atoms with van der Waals surface area (Å²) >= 11 is 0. The zero-order valence-corrected chi connectivity index (χ0v) is 15.5. The third-order valence-electron chi connectivity index (χ3n) is 3.09. The Kier molecular flexibility index (Phi) is 11.5. The molecule has 4 N–H and O–H groups in total. The molecule has 0 rings (SSSR count). The van der Waals surface area contributed by atoms with Gasteiger partial charge < -0.3 is 35.0 Å². The first-order valence-electron chi connectivity index (χ1n) is 8.38. The summed E-state index contributed by atoms with van der Waals surface area (Å²) < 4.78 is 5.14. The largest absolute Gasteiger partial charge is 0.392 e. The van der Waals surface area contributed by atoms with Gasteiger partial charge in [-0.15, -0.1) is 0 Å². The van der Waals surface area contributed by atoms with Crippen LogP contribution in [0.1, 0.15) is 27.7 Å². The van der Waals surface area contributed by atoms with Crippen LogP contribution >= 0.6 is 0 Å². The number of rotatable bonds is 12. The first-order chi connectivity index (χ1) is 11.5. The van der Waals surface area contributed by atoms with Gasteiger partial charge in [-0.3, -0.25) is 9.59 Å². The van der Waals surface area contributed by atoms with E-state index in [-0.39, 0.29) is 39.4 Å². The van der Waals surface area contributed by atoms with E-state index in [1.807, 2.05) is 0 Å². The number of amides is 2. The monoisotopic (exact) mass is 364 g/mol. The Labute approximate surface area is 148 Å². The smallest absolute Gasteiger partial charge is 0.248 e. The van der Waals surface area contributed by atoms with Crippen molar-refractivity contribution >= 4 is 11.8 Å². The predicted octanol–water partition coefficient (Wildman–Crippen LogP) is -1.82. The Hall–Kier alpha value is -1.26. The van der Waals surface area contributed by atoms with E-state index in [1.165, 1.54) is 37.5 Å². The van der Waals surface area contributed by atoms with E-state index in [1.54, 1.807) is 0 Å². The van der Waals surface area contributed by atoms with Crippen LogP contribution in [0, 0.1) is 0 Å². The second-order valence-corrected chi connectivity index (χ2v) is 6.49. The molecule has 0 bridgehead atoms. The summed E-state index contributed by atoms with van der Waals surface area (Å²) in [5.74, 6) is -0.903. The highest BCUT2D eigenvalue weighted by Gasteiger charge is 2.20. The van der Waals surface area contributed by atoms with Crippen LogP contribution in [0.25, 0.3) is 0 Å². The topological polar surface area (TPSA) is 131 Å². The van der Waals surface area contributed by atoms with Crippen molar-refractivity contribution in [2.24, 2.45) is 0 Å². The highest BCUT2D eigenvalue weighted by Crippen LogP contribution is 2.00. The summed E-state index contributed by atoms with van der Waals surface area (Å²) in [5, 5.41) is 37.7. The fraction of sp³-hybridized carbons (Fsp3) is 0.875. The van der Waals surface area contributed by atoms with E-state index < -0.39 is 36.2 Å². The molecule has 0 saturated carbocycles. The van der Waals surface area contributed by atoms with Crippen molar-refractivity contribution in [3.05, 3.63) is 0 Å². The van der Waals surface area contributed by atoms with E-state index >= 15 is 0 Å². The molecule has 9 heteroatoms. The third kappa shape index (κ3) is 11.8. The first-order valence-corrected chi connectivity index (χ1v) is 8.38. The molecule has 25 heavy (non-hydrogen) atoms. The van der Waals surface area contributed by atoms with Crippen LogP contribution in [0.5, 0.6) is 0 Å². The standard InChI is InChI=1S/C16H32N2O7/c1-11(19)5-17(6-12(2)20)15(23)9-25-10-16(24)18(7-13(3)21)8-14(4)22/h11-14,19-22H,5-10H2,1-4H3. The van der Waals surface area contributed by atoms with Gasteiger partial charge >= 0.3 is 0 Å². The van der Waals surface area contributed by atoms with Crippen molar-refractivity contribution in [2.45, 2.75) is 52.1 Å². The van der Waals surface area contributed by atoms with Gasteiger partial charge in [-0.25, -0.2) is 0 Å². The van der Waals surface area contributed by atoms with E-state index in [0.717, 1.165) is 0 Å². The van der Waals surface area contributed by atoms with Crippen LogP contribution in [0.3, 0.4) is 0 Å². The van der Waals surface area contributed by atoms with Gasteiger partial charge in [-0.2, -0.15) is 0 Å². The lowest BCUT2D eigenvalue weighted by molar-refractivity contribution is -0.145. The minimum Gasteiger partial charge on any atom is -0.392 e. The quantitative estimate of drug-likeness (QED) is 0.321. The number of hydrogen-bond donors (Lipinski definition) is 4. The average Bonchev–Trinajstić information content (AvgIpc) is 2.43. The van der Waals surface area contributed by atoms with Crippen molar-refractivity contribution in [3.8, 4) is 0 Å². The van der Waals surface area contributed by atoms with Crippen LogP contribution in [0.15, 0.2) is 0 Å². The molecule has 0 aliphatic heterocycles. The Morgan fingerprint density at radius 3 is 1.12 bits per heavy atom. The minimum atomic E-state index is -0.753. The van der Waals surface area contributed by atoms with E-state index in [2.05, 4.69) is 0 Å². The summed E-state index contributed by atoms with van der Waals surface area (Å²) in [6, 6.07) is 0. The number of nitrogens with zero attached hydrogens (tertiary/aromatic N) is 2. The minimum absolute atomic E-state index is 0.0528. The molecule has 0 aromatic carbocycles. The molecule has 0 aromatic rings. The molecule has 0 fully saturated rings. The molecular weight excluding hydrogens is 332 g/mol. The first kappa shape index (κ1) is 23.7. The molecule has 148 valence electrons. The molecule has 0 heterocycles. The molecule has 9 nitrogen and oxygen atoms in total. The molecule has 0 aliphatic carbocycles. The maximum absolute atomic E-state index is 12.1. The van der Waals surface area contributed by atoms with Crippen molar-refractivity contribution in [2.75, 3.05) is 39.4 Å². The lowest BCUT2D eigenvalue weighted by Crippen LogP contribution is -2.44. The number of ether oxygens (including phenoxy) is 1. The van der Waals surface area contributed by atoms with Gasteiger partial charge in [0.2, 0.25) is 11.8 Å². The fourth-order valence-corrected chi connectivity index (χ4v) is 2.24. The van der Waals surface area contributed by atoms with Crippen molar-refractivity contribution in [3.63, 3.8) is 0 Å². The number of carbonyl (C=O) groups is 2. The normalized spacial score (nSPS) is 16.0. The Morgan fingerprint density at radius 2 is 0.920 bits per heavy atom. The summed E-state index contributed by atoms with van der Waals surface area (Å²) in [4.78, 5) is 26.7. The highest BCUT2D eigenvalue weighted by molar-refractivity contribution is 5.79. The van der Waals surface area contributed by atoms with Crippen LogP contribution in [0.4, 0.5) is 0 Å². The van der Waals surface area contributed by atoms with Gasteiger partial charge in [-0.1, -0.05) is 0 Å². The number of aliphatic hydroxyl groups is 4. The third-order valence-corrected chi connectivity index (χ3v) is 3.09. The van der Waals surface area contributed by atoms with Crippen LogP contribution in [-0.2, 0) is 14.3 Å². The van der Waals surface area contributed by atoms with E-state index in [0.29, 0.717) is 0 Å². The molecule has 4 atom stereocenters.